The molecule has 0 aliphatic carbocycles. The molecule has 15 heteroatoms. The number of anilines is 1. The third-order valence-corrected chi connectivity index (χ3v) is 11.2. The van der Waals surface area contributed by atoms with E-state index in [0.29, 0.717) is 50.0 Å². The topological polar surface area (TPSA) is 123 Å². The Morgan fingerprint density at radius 1 is 0.979 bits per heavy atom. The number of hydrogen-bond donors (Lipinski definition) is 2. The number of carbonyl (C=O) groups excluding carboxylic acids is 1. The molecular formula is C33H26ClF3N2O6S3. The number of nitrogens with zero attached hydrogens (tertiary/aromatic N) is 1. The Morgan fingerprint density at radius 3 is 2.40 bits per heavy atom. The fraction of sp³-hybridized carbons (Fsp3) is 0.182. The number of carboxylic acid groups (broad SMARTS) is 1. The molecule has 0 bridgehead atoms. The Labute approximate surface area is 286 Å². The molecule has 0 fully saturated rings. The van der Waals surface area contributed by atoms with Crippen LogP contribution in [-0.4, -0.2) is 42.7 Å². The van der Waals surface area contributed by atoms with Crippen molar-refractivity contribution < 1.29 is 41.0 Å². The fourth-order valence-electron chi connectivity index (χ4n) is 4.57. The number of carbonyl (C=O) groups is 2. The third-order valence-electron chi connectivity index (χ3n) is 6.93. The lowest BCUT2D eigenvalue weighted by molar-refractivity contribution is -0.139. The van der Waals surface area contributed by atoms with E-state index in [2.05, 4.69) is 10.3 Å². The molecule has 0 saturated heterocycles. The number of amides is 1. The molecule has 0 unspecified atom stereocenters. The number of thioether (sulfide) groups is 1. The van der Waals surface area contributed by atoms with Crippen LogP contribution >= 0.6 is 34.7 Å². The summed E-state index contributed by atoms with van der Waals surface area (Å²) >= 11 is 8.46. The second kappa shape index (κ2) is 15.0. The van der Waals surface area contributed by atoms with E-state index in [-0.39, 0.29) is 22.1 Å². The lowest BCUT2D eigenvalue weighted by Crippen LogP contribution is -2.15. The van der Waals surface area contributed by atoms with Gasteiger partial charge in [0.05, 0.1) is 37.9 Å². The molecule has 8 nitrogen and oxygen atoms in total. The minimum absolute atomic E-state index is 0.115. The van der Waals surface area contributed by atoms with Gasteiger partial charge in [-0.1, -0.05) is 17.7 Å². The van der Waals surface area contributed by atoms with Crippen LogP contribution in [-0.2, 0) is 33.0 Å². The molecule has 4 aromatic carbocycles. The van der Waals surface area contributed by atoms with Crippen LogP contribution in [0, 0.1) is 0 Å². The van der Waals surface area contributed by atoms with Crippen molar-refractivity contribution in [1.82, 2.24) is 4.98 Å². The van der Waals surface area contributed by atoms with Crippen molar-refractivity contribution in [1.29, 1.82) is 0 Å². The van der Waals surface area contributed by atoms with Crippen molar-refractivity contribution in [2.24, 2.45) is 0 Å². The monoisotopic (exact) mass is 734 g/mol. The fourth-order valence-corrected chi connectivity index (χ4v) is 7.91. The Kier molecular flexibility index (Phi) is 11.0. The van der Waals surface area contributed by atoms with Crippen LogP contribution in [0.4, 0.5) is 18.9 Å². The van der Waals surface area contributed by atoms with E-state index in [1.54, 1.807) is 36.4 Å². The standard InChI is InChI=1S/C33H26ClF3N2O6S3/c34-23-7-11-25(12-8-23)48(43,44)15-1-2-20-3-14-28(45-18-31(40)41)27(16-20)39-32(42)21-4-9-24(10-5-21)46-19-30-38-26-13-6-22(33(35,36)37)17-29(26)47-30/h3-14,16-17H,1-2,15,18-19H2,(H,39,42)(H,40,41). The zero-order valence-electron chi connectivity index (χ0n) is 24.8. The molecule has 2 N–H and O–H groups in total. The van der Waals surface area contributed by atoms with Crippen LogP contribution in [0.3, 0.4) is 0 Å². The predicted octanol–water partition coefficient (Wildman–Crippen LogP) is 8.38. The first-order chi connectivity index (χ1) is 22.8. The smallest absolute Gasteiger partial charge is 0.416 e. The molecule has 1 heterocycles. The average molecular weight is 735 g/mol. The van der Waals surface area contributed by atoms with Gasteiger partial charge in [0, 0.05) is 15.5 Å². The molecule has 1 aromatic heterocycles. The van der Waals surface area contributed by atoms with Gasteiger partial charge in [0.1, 0.15) is 10.8 Å². The van der Waals surface area contributed by atoms with Gasteiger partial charge in [-0.3, -0.25) is 4.79 Å². The van der Waals surface area contributed by atoms with Gasteiger partial charge in [-0.25, -0.2) is 18.2 Å². The van der Waals surface area contributed by atoms with E-state index in [1.165, 1.54) is 59.5 Å². The van der Waals surface area contributed by atoms with Gasteiger partial charge in [-0.15, -0.1) is 23.1 Å². The van der Waals surface area contributed by atoms with E-state index in [4.69, 9.17) is 21.4 Å². The number of thiazole rings is 1. The van der Waals surface area contributed by atoms with Crippen molar-refractivity contribution in [2.75, 3.05) is 17.7 Å². The first kappa shape index (κ1) is 35.2. The van der Waals surface area contributed by atoms with Gasteiger partial charge in [-0.05, 0) is 97.3 Å². The maximum atomic E-state index is 13.2. The molecule has 1 amide bonds. The van der Waals surface area contributed by atoms with E-state index in [9.17, 15) is 31.2 Å². The number of aromatic nitrogens is 1. The lowest BCUT2D eigenvalue weighted by atomic mass is 10.1. The van der Waals surface area contributed by atoms with E-state index in [0.717, 1.165) is 17.0 Å². The summed E-state index contributed by atoms with van der Waals surface area (Å²) < 4.78 is 70.4. The molecule has 0 aliphatic heterocycles. The first-order valence-corrected chi connectivity index (χ1v) is 18.1. The molecule has 0 spiro atoms. The summed E-state index contributed by atoms with van der Waals surface area (Å²) in [6.45, 7) is -0.633. The highest BCUT2D eigenvalue weighted by Crippen LogP contribution is 2.35. The number of fused-ring (bicyclic) bond motifs is 1. The van der Waals surface area contributed by atoms with Gasteiger partial charge >= 0.3 is 12.1 Å². The summed E-state index contributed by atoms with van der Waals surface area (Å²) in [6.07, 6.45) is -3.78. The average Bonchev–Trinajstić information content (AvgIpc) is 3.46. The van der Waals surface area contributed by atoms with Crippen LogP contribution in [0.15, 0.2) is 94.7 Å². The highest BCUT2D eigenvalue weighted by atomic mass is 35.5. The van der Waals surface area contributed by atoms with Crippen molar-refractivity contribution in [3.8, 4) is 5.75 Å². The number of rotatable bonds is 13. The van der Waals surface area contributed by atoms with Crippen LogP contribution in [0.25, 0.3) is 10.2 Å². The molecule has 0 saturated carbocycles. The van der Waals surface area contributed by atoms with Crippen molar-refractivity contribution in [3.05, 3.63) is 112 Å². The summed E-state index contributed by atoms with van der Waals surface area (Å²) in [5, 5.41) is 12.9. The molecule has 0 radical (unpaired) electrons. The van der Waals surface area contributed by atoms with Crippen LogP contribution in [0.5, 0.6) is 5.75 Å². The lowest BCUT2D eigenvalue weighted by Gasteiger charge is -2.14. The van der Waals surface area contributed by atoms with Crippen molar-refractivity contribution in [3.63, 3.8) is 0 Å². The summed E-state index contributed by atoms with van der Waals surface area (Å²) in [4.78, 5) is 29.7. The number of benzene rings is 4. The number of hydrogen-bond acceptors (Lipinski definition) is 8. The van der Waals surface area contributed by atoms with Gasteiger partial charge in [0.15, 0.2) is 16.4 Å². The number of alkyl halides is 3. The van der Waals surface area contributed by atoms with E-state index in [1.807, 2.05) is 0 Å². The maximum Gasteiger partial charge on any atom is 0.416 e. The van der Waals surface area contributed by atoms with Crippen LogP contribution < -0.4 is 10.1 Å². The van der Waals surface area contributed by atoms with Crippen LogP contribution in [0.2, 0.25) is 5.02 Å². The Hall–Kier alpha value is -4.11. The zero-order chi connectivity index (χ0) is 34.5. The summed E-state index contributed by atoms with van der Waals surface area (Å²) in [5.74, 6) is -1.25. The highest BCUT2D eigenvalue weighted by Gasteiger charge is 2.30. The molecule has 5 rings (SSSR count). The normalized spacial score (nSPS) is 11.8. The quantitative estimate of drug-likeness (QED) is 0.116. The Bertz CT molecular complexity index is 2050. The van der Waals surface area contributed by atoms with Crippen LogP contribution in [0.1, 0.15) is 32.9 Å². The van der Waals surface area contributed by atoms with Crippen molar-refractivity contribution in [2.45, 2.75) is 34.6 Å². The minimum atomic E-state index is -4.43. The Morgan fingerprint density at radius 2 is 1.71 bits per heavy atom. The number of halogens is 4. The van der Waals surface area contributed by atoms with E-state index >= 15 is 0 Å². The summed E-state index contributed by atoms with van der Waals surface area (Å²) in [7, 11) is -3.54. The number of sulfone groups is 1. The molecule has 0 aliphatic rings. The molecule has 48 heavy (non-hydrogen) atoms. The molecule has 5 aromatic rings. The van der Waals surface area contributed by atoms with Gasteiger partial charge in [0.2, 0.25) is 0 Å². The highest BCUT2D eigenvalue weighted by molar-refractivity contribution is 7.98. The zero-order valence-corrected chi connectivity index (χ0v) is 28.0. The van der Waals surface area contributed by atoms with Gasteiger partial charge in [-0.2, -0.15) is 13.2 Å². The number of carboxylic acids is 1. The van der Waals surface area contributed by atoms with Gasteiger partial charge < -0.3 is 15.2 Å². The number of ether oxygens (including phenoxy) is 1. The summed E-state index contributed by atoms with van der Waals surface area (Å²) in [6, 6.07) is 20.9. The number of aryl methyl sites for hydroxylation is 1. The number of nitrogens with one attached hydrogen (secondary N) is 1. The maximum absolute atomic E-state index is 13.2. The van der Waals surface area contributed by atoms with E-state index < -0.39 is 40.1 Å². The third kappa shape index (κ3) is 9.28. The second-order valence-electron chi connectivity index (χ2n) is 10.4. The largest absolute Gasteiger partial charge is 0.480 e. The molecule has 250 valence electrons. The minimum Gasteiger partial charge on any atom is -0.480 e. The predicted molar refractivity (Wildman–Crippen MR) is 180 cm³/mol. The molecule has 0 atom stereocenters. The van der Waals surface area contributed by atoms with Crippen molar-refractivity contribution >= 4 is 72.3 Å². The number of aliphatic carboxylic acids is 1. The second-order valence-corrected chi connectivity index (χ2v) is 15.2. The Balaban J connectivity index is 1.22. The summed E-state index contributed by atoms with van der Waals surface area (Å²) in [5.41, 5.74) is 1.01. The first-order valence-electron chi connectivity index (χ1n) is 14.2. The van der Waals surface area contributed by atoms with Gasteiger partial charge in [0.25, 0.3) is 5.91 Å². The molecular weight excluding hydrogens is 709 g/mol. The SMILES string of the molecule is O=C(O)COc1ccc(CCCS(=O)(=O)c2ccc(Cl)cc2)cc1NC(=O)c1ccc(SCc2nc3ccc(C(F)(F)F)cc3s2)cc1.